The van der Waals surface area contributed by atoms with Gasteiger partial charge in [0.25, 0.3) is 0 Å². The van der Waals surface area contributed by atoms with Gasteiger partial charge in [0.1, 0.15) is 12.2 Å². The van der Waals surface area contributed by atoms with Gasteiger partial charge in [-0.25, -0.2) is 0 Å². The summed E-state index contributed by atoms with van der Waals surface area (Å²) in [5, 5.41) is 93.2. The van der Waals surface area contributed by atoms with Gasteiger partial charge in [0.05, 0.1) is 79.4 Å². The van der Waals surface area contributed by atoms with E-state index in [0.717, 1.165) is 0 Å². The highest BCUT2D eigenvalue weighted by atomic mass is 16.7. The molecule has 0 aromatic heterocycles. The second kappa shape index (κ2) is 29.9. The number of nitrogens with two attached hydrogens (primary N) is 1. The smallest absolute Gasteiger partial charge is 0.309 e. The summed E-state index contributed by atoms with van der Waals surface area (Å²) >= 11 is 0. The Balaban J connectivity index is 2.02. The Labute approximate surface area is 366 Å². The number of aliphatic hydroxyl groups excluding tert-OH is 8. The molecule has 5 unspecified atom stereocenters. The maximum atomic E-state index is 12.4. The predicted octanol–water partition coefficient (Wildman–Crippen LogP) is 2.42. The number of carbonyl (C=O) groups is 2. The number of aliphatic carboxylic acids is 1. The fourth-order valence-corrected chi connectivity index (χ4v) is 6.96. The van der Waals surface area contributed by atoms with Gasteiger partial charge in [0.15, 0.2) is 6.29 Å². The number of carboxylic acid groups (broad SMARTS) is 1. The van der Waals surface area contributed by atoms with Gasteiger partial charge in [-0.1, -0.05) is 92.0 Å². The van der Waals surface area contributed by atoms with E-state index in [1.54, 1.807) is 45.1 Å². The molecule has 2 fully saturated rings. The van der Waals surface area contributed by atoms with Crippen molar-refractivity contribution in [1.29, 1.82) is 0 Å². The van der Waals surface area contributed by atoms with Crippen LogP contribution in [0.25, 0.3) is 0 Å². The predicted molar refractivity (Wildman–Crippen MR) is 232 cm³/mol. The molecule has 0 saturated carbocycles. The molecular formula is C46H73NO15. The van der Waals surface area contributed by atoms with Crippen LogP contribution in [0.5, 0.6) is 0 Å². The summed E-state index contributed by atoms with van der Waals surface area (Å²) in [6.07, 6.45) is 11.9. The molecule has 2 saturated heterocycles. The van der Waals surface area contributed by atoms with Crippen molar-refractivity contribution in [2.45, 2.75) is 171 Å². The van der Waals surface area contributed by atoms with Gasteiger partial charge in [-0.2, -0.15) is 0 Å². The first-order valence-corrected chi connectivity index (χ1v) is 21.6. The van der Waals surface area contributed by atoms with Crippen molar-refractivity contribution < 1.29 is 74.5 Å². The Kier molecular flexibility index (Phi) is 26.4. The summed E-state index contributed by atoms with van der Waals surface area (Å²) in [6.45, 7) is 6.70. The van der Waals surface area contributed by atoms with Gasteiger partial charge in [0, 0.05) is 25.4 Å². The lowest BCUT2D eigenvalue weighted by atomic mass is 9.86. The van der Waals surface area contributed by atoms with E-state index >= 15 is 0 Å². The number of carbonyl (C=O) groups excluding carboxylic acids is 1. The average Bonchev–Trinajstić information content (AvgIpc) is 3.21. The highest BCUT2D eigenvalue weighted by Gasteiger charge is 2.43. The van der Waals surface area contributed by atoms with Crippen molar-refractivity contribution >= 4 is 11.9 Å². The molecule has 0 aromatic carbocycles. The van der Waals surface area contributed by atoms with Crippen molar-refractivity contribution in [3.05, 3.63) is 85.1 Å². The number of allylic oxidation sites excluding steroid dienone is 13. The molecule has 2 rings (SSSR count). The van der Waals surface area contributed by atoms with Crippen LogP contribution >= 0.6 is 0 Å². The number of carboxylic acids is 1. The van der Waals surface area contributed by atoms with E-state index in [9.17, 15) is 55.5 Å². The van der Waals surface area contributed by atoms with Gasteiger partial charge in [-0.15, -0.1) is 0 Å². The Morgan fingerprint density at radius 3 is 1.94 bits per heavy atom. The minimum Gasteiger partial charge on any atom is -0.481 e. The molecule has 0 spiro atoms. The molecule has 2 heterocycles. The lowest BCUT2D eigenvalue weighted by Gasteiger charge is -2.41. The number of rotatable bonds is 27. The number of aliphatic hydroxyl groups is 8. The molecule has 62 heavy (non-hydrogen) atoms. The first-order valence-electron chi connectivity index (χ1n) is 21.6. The van der Waals surface area contributed by atoms with E-state index in [2.05, 4.69) is 0 Å². The first kappa shape index (κ1) is 54.8. The van der Waals surface area contributed by atoms with Crippen LogP contribution in [-0.2, 0) is 28.5 Å². The van der Waals surface area contributed by atoms with E-state index in [-0.39, 0.29) is 63.9 Å². The first-order chi connectivity index (χ1) is 29.5. The molecule has 0 amide bonds. The summed E-state index contributed by atoms with van der Waals surface area (Å²) < 4.78 is 23.3. The summed E-state index contributed by atoms with van der Waals surface area (Å²) in [5.41, 5.74) is 6.04. The zero-order chi connectivity index (χ0) is 46.2. The average molecular weight is 880 g/mol. The molecular weight excluding hydrogens is 806 g/mol. The Morgan fingerprint density at radius 1 is 0.758 bits per heavy atom. The zero-order valence-electron chi connectivity index (χ0n) is 36.4. The second-order valence-corrected chi connectivity index (χ2v) is 16.3. The van der Waals surface area contributed by atoms with E-state index in [1.807, 2.05) is 67.7 Å². The van der Waals surface area contributed by atoms with Crippen LogP contribution in [0.15, 0.2) is 85.1 Å². The molecule has 0 bridgehead atoms. The Bertz CT molecular complexity index is 1500. The standard InChI is InChI=1S/C46H73NO15/c1-5-6-7-8-9-10-11-12-13-14-15-16-17-18-35(62-46-44(56)42(47)43(55)31(4)60-46)27-40-37(45(57)58)21-20-36(61-40)24-34(51)25-39(53)38(52)22-19-32(49)23-33(50)26-41(54)59-30(3)29(2)28-48/h5-18,29-40,42-44,46,48-53,55-56H,19-28,47H2,1-4H3,(H,57,58)/b6-5+,8-7+,10-9+,12-11+,14-13+,16-15+,18-17+/t29-,30+,31?,32-,33-,34-,35+,36+,37-,38-,39-,40+,42?,43?,44?,46?/m1/s1. The van der Waals surface area contributed by atoms with E-state index in [4.69, 9.17) is 24.7 Å². The molecule has 2 aliphatic heterocycles. The summed E-state index contributed by atoms with van der Waals surface area (Å²) in [4.78, 5) is 24.5. The summed E-state index contributed by atoms with van der Waals surface area (Å²) in [6, 6.07) is -1.06. The van der Waals surface area contributed by atoms with Crippen LogP contribution in [0.2, 0.25) is 0 Å². The topological polar surface area (TPSA) is 279 Å². The molecule has 0 aliphatic carbocycles. The van der Waals surface area contributed by atoms with E-state index < -0.39 is 103 Å². The zero-order valence-corrected chi connectivity index (χ0v) is 36.4. The SMILES string of the molecule is C/C=C/C=C/C=C/C=C/C=C/C=C/C=C/[C@@H](C[C@@H]1O[C@H](C[C@@H](O)C[C@@H](O)[C@H](O)CC[C@@H](O)C[C@@H](O)CC(=O)O[C@@H](C)[C@H](C)CO)CC[C@H]1C(=O)O)OC1OC(C)C(O)C(N)C1O. The lowest BCUT2D eigenvalue weighted by molar-refractivity contribution is -0.278. The minimum absolute atomic E-state index is 0.00795. The van der Waals surface area contributed by atoms with E-state index in [0.29, 0.717) is 6.42 Å². The van der Waals surface area contributed by atoms with E-state index in [1.165, 1.54) is 0 Å². The molecule has 2 aliphatic rings. The Morgan fingerprint density at radius 2 is 1.35 bits per heavy atom. The third-order valence-corrected chi connectivity index (χ3v) is 11.0. The number of esters is 1. The highest BCUT2D eigenvalue weighted by molar-refractivity contribution is 5.71. The highest BCUT2D eigenvalue weighted by Crippen LogP contribution is 2.33. The summed E-state index contributed by atoms with van der Waals surface area (Å²) in [5.74, 6) is -2.97. The number of ether oxygens (including phenoxy) is 4. The number of hydrogen-bond donors (Lipinski definition) is 10. The molecule has 16 atom stereocenters. The molecule has 0 aromatic rings. The largest absolute Gasteiger partial charge is 0.481 e. The molecule has 16 heteroatoms. The monoisotopic (exact) mass is 879 g/mol. The fraction of sp³-hybridized carbons (Fsp3) is 0.652. The van der Waals surface area contributed by atoms with Crippen LogP contribution in [0.1, 0.15) is 85.5 Å². The summed E-state index contributed by atoms with van der Waals surface area (Å²) in [7, 11) is 0. The third kappa shape index (κ3) is 20.9. The van der Waals surface area contributed by atoms with Crippen molar-refractivity contribution in [3.8, 4) is 0 Å². The normalized spacial score (nSPS) is 29.2. The van der Waals surface area contributed by atoms with Gasteiger partial charge >= 0.3 is 11.9 Å². The van der Waals surface area contributed by atoms with Crippen LogP contribution < -0.4 is 5.73 Å². The van der Waals surface area contributed by atoms with Crippen molar-refractivity contribution in [1.82, 2.24) is 0 Å². The maximum Gasteiger partial charge on any atom is 0.309 e. The molecule has 352 valence electrons. The van der Waals surface area contributed by atoms with Crippen LogP contribution in [0.4, 0.5) is 0 Å². The van der Waals surface area contributed by atoms with Crippen molar-refractivity contribution in [2.24, 2.45) is 17.6 Å². The van der Waals surface area contributed by atoms with Crippen molar-refractivity contribution in [2.75, 3.05) is 6.61 Å². The fourth-order valence-electron chi connectivity index (χ4n) is 6.96. The van der Waals surface area contributed by atoms with Gasteiger partial charge in [-0.3, -0.25) is 9.59 Å². The molecule has 11 N–H and O–H groups in total. The maximum absolute atomic E-state index is 12.4. The van der Waals surface area contributed by atoms with Gasteiger partial charge in [0.2, 0.25) is 0 Å². The van der Waals surface area contributed by atoms with Gasteiger partial charge < -0.3 is 70.6 Å². The molecule has 16 nitrogen and oxygen atoms in total. The third-order valence-electron chi connectivity index (χ3n) is 11.0. The number of hydrogen-bond acceptors (Lipinski definition) is 15. The quantitative estimate of drug-likeness (QED) is 0.0419. The van der Waals surface area contributed by atoms with Crippen LogP contribution in [0, 0.1) is 11.8 Å². The minimum atomic E-state index is -1.39. The van der Waals surface area contributed by atoms with Gasteiger partial charge in [-0.05, 0) is 59.3 Å². The van der Waals surface area contributed by atoms with Crippen molar-refractivity contribution in [3.63, 3.8) is 0 Å². The Hall–Kier alpha value is -3.36. The van der Waals surface area contributed by atoms with Crippen LogP contribution in [0.3, 0.4) is 0 Å². The lowest BCUT2D eigenvalue weighted by Crippen LogP contribution is -2.61. The second-order valence-electron chi connectivity index (χ2n) is 16.3. The molecule has 0 radical (unpaired) electrons. The van der Waals surface area contributed by atoms with Crippen LogP contribution in [-0.4, -0.2) is 150 Å².